The maximum atomic E-state index is 12.2. The van der Waals surface area contributed by atoms with E-state index in [0.29, 0.717) is 5.75 Å². The van der Waals surface area contributed by atoms with Crippen LogP contribution in [-0.4, -0.2) is 18.1 Å². The van der Waals surface area contributed by atoms with Gasteiger partial charge >= 0.3 is 14.1 Å². The maximum absolute atomic E-state index is 12.2. The van der Waals surface area contributed by atoms with Crippen molar-refractivity contribution in [3.63, 3.8) is 0 Å². The molecule has 1 N–H and O–H groups in total. The Balaban J connectivity index is 1.59. The van der Waals surface area contributed by atoms with Crippen molar-refractivity contribution in [2.75, 3.05) is 0 Å². The Labute approximate surface area is 142 Å². The minimum atomic E-state index is -2.22. The van der Waals surface area contributed by atoms with E-state index in [1.165, 1.54) is 0 Å². The van der Waals surface area contributed by atoms with Crippen LogP contribution in [0.3, 0.4) is 0 Å². The van der Waals surface area contributed by atoms with Gasteiger partial charge in [-0.2, -0.15) is 0 Å². The lowest BCUT2D eigenvalue weighted by atomic mass is 10.1. The van der Waals surface area contributed by atoms with Gasteiger partial charge in [-0.3, -0.25) is 4.79 Å². The highest BCUT2D eigenvalue weighted by Gasteiger charge is 2.31. The smallest absolute Gasteiger partial charge is 0.461 e. The number of nitrogens with one attached hydrogen (secondary N) is 1. The normalized spacial score (nSPS) is 16.8. The molecule has 1 saturated carbocycles. The summed E-state index contributed by atoms with van der Waals surface area (Å²) in [5.74, 6) is 0.143. The molecule has 2 aromatic carbocycles. The van der Waals surface area contributed by atoms with Crippen molar-refractivity contribution in [2.45, 2.75) is 44.8 Å². The number of rotatable bonds is 6. The van der Waals surface area contributed by atoms with Gasteiger partial charge in [0.05, 0.1) is 0 Å². The number of ether oxygens (including phenoxy) is 1. The molecule has 0 saturated heterocycles. The van der Waals surface area contributed by atoms with Crippen molar-refractivity contribution in [2.24, 2.45) is 0 Å². The molecular formula is C18H21NO4P+. The third-order valence-electron chi connectivity index (χ3n) is 4.17. The minimum Gasteiger partial charge on any atom is -0.461 e. The Morgan fingerprint density at radius 2 is 1.88 bits per heavy atom. The summed E-state index contributed by atoms with van der Waals surface area (Å²) in [5.41, 5.74) is 0. The lowest BCUT2D eigenvalue weighted by Crippen LogP contribution is -2.33. The summed E-state index contributed by atoms with van der Waals surface area (Å²) in [6.45, 7) is 1.64. The fraction of sp³-hybridized carbons (Fsp3) is 0.389. The molecule has 2 atom stereocenters. The van der Waals surface area contributed by atoms with E-state index in [2.05, 4.69) is 5.09 Å². The number of hydrogen-bond donors (Lipinski definition) is 1. The second-order valence-corrected chi connectivity index (χ2v) is 6.97. The summed E-state index contributed by atoms with van der Waals surface area (Å²) in [6.07, 6.45) is 4.02. The first-order chi connectivity index (χ1) is 11.6. The largest absolute Gasteiger partial charge is 0.664 e. The average Bonchev–Trinajstić information content (AvgIpc) is 3.08. The van der Waals surface area contributed by atoms with E-state index >= 15 is 0 Å². The molecule has 0 heterocycles. The molecule has 0 bridgehead atoms. The van der Waals surface area contributed by atoms with Crippen LogP contribution >= 0.6 is 8.18 Å². The fourth-order valence-electron chi connectivity index (χ4n) is 2.87. The first-order valence-corrected chi connectivity index (χ1v) is 9.41. The van der Waals surface area contributed by atoms with Crippen LogP contribution < -0.4 is 9.61 Å². The summed E-state index contributed by atoms with van der Waals surface area (Å²) < 4.78 is 23.1. The topological polar surface area (TPSA) is 64.6 Å². The number of benzene rings is 2. The fourth-order valence-corrected chi connectivity index (χ4v) is 3.69. The Morgan fingerprint density at radius 1 is 1.17 bits per heavy atom. The van der Waals surface area contributed by atoms with E-state index in [0.717, 1.165) is 36.5 Å². The highest BCUT2D eigenvalue weighted by Crippen LogP contribution is 2.31. The third kappa shape index (κ3) is 4.11. The maximum Gasteiger partial charge on any atom is 0.664 e. The summed E-state index contributed by atoms with van der Waals surface area (Å²) in [7, 11) is -2.22. The molecule has 24 heavy (non-hydrogen) atoms. The molecule has 0 radical (unpaired) electrons. The molecule has 1 fully saturated rings. The molecule has 1 aliphatic rings. The van der Waals surface area contributed by atoms with Crippen molar-refractivity contribution in [1.29, 1.82) is 0 Å². The zero-order chi connectivity index (χ0) is 16.9. The molecule has 0 aromatic heterocycles. The van der Waals surface area contributed by atoms with Crippen LogP contribution in [0.2, 0.25) is 0 Å². The molecule has 3 rings (SSSR count). The monoisotopic (exact) mass is 346 g/mol. The molecule has 1 unspecified atom stereocenters. The highest BCUT2D eigenvalue weighted by molar-refractivity contribution is 7.37. The van der Waals surface area contributed by atoms with Crippen LogP contribution in [0, 0.1) is 0 Å². The number of esters is 1. The van der Waals surface area contributed by atoms with E-state index in [9.17, 15) is 9.36 Å². The van der Waals surface area contributed by atoms with Crippen LogP contribution in [0.4, 0.5) is 0 Å². The molecule has 0 spiro atoms. The van der Waals surface area contributed by atoms with Crippen molar-refractivity contribution < 1.29 is 18.6 Å². The van der Waals surface area contributed by atoms with Crippen molar-refractivity contribution in [1.82, 2.24) is 5.09 Å². The second-order valence-electron chi connectivity index (χ2n) is 6.02. The highest BCUT2D eigenvalue weighted by atomic mass is 31.1. The zero-order valence-corrected chi connectivity index (χ0v) is 14.5. The second kappa shape index (κ2) is 7.73. The third-order valence-corrected chi connectivity index (χ3v) is 5.13. The molecule has 6 heteroatoms. The van der Waals surface area contributed by atoms with Crippen LogP contribution in [0.25, 0.3) is 10.8 Å². The summed E-state index contributed by atoms with van der Waals surface area (Å²) >= 11 is 0. The molecule has 2 aromatic rings. The average molecular weight is 346 g/mol. The van der Waals surface area contributed by atoms with Gasteiger partial charge in [0.2, 0.25) is 0 Å². The van der Waals surface area contributed by atoms with Crippen LogP contribution in [-0.2, 0) is 14.1 Å². The Morgan fingerprint density at radius 3 is 2.67 bits per heavy atom. The number of hydrogen-bond acceptors (Lipinski definition) is 4. The van der Waals surface area contributed by atoms with Crippen LogP contribution in [0.1, 0.15) is 32.6 Å². The number of fused-ring (bicyclic) bond motifs is 1. The van der Waals surface area contributed by atoms with Gasteiger partial charge in [0, 0.05) is 9.95 Å². The van der Waals surface area contributed by atoms with Gasteiger partial charge in [-0.25, -0.2) is 4.52 Å². The molecule has 0 amide bonds. The first kappa shape index (κ1) is 16.9. The standard InChI is InChI=1S/C18H21NO4P/c1-13(18(20)22-15-9-3-4-10-15)19-24(21)23-17-12-6-8-14-7-2-5-11-16(14)17/h2,5-8,11-13,15H,3-4,9-10H2,1H3,(H,19,21)/q+1/t13-/m0/s1. The van der Waals surface area contributed by atoms with Crippen molar-refractivity contribution in [3.8, 4) is 5.75 Å². The molecule has 5 nitrogen and oxygen atoms in total. The van der Waals surface area contributed by atoms with Crippen LogP contribution in [0.5, 0.6) is 5.75 Å². The SMILES string of the molecule is C[C@H](N[P+](=O)Oc1cccc2ccccc12)C(=O)OC1CCCC1. The van der Waals surface area contributed by atoms with E-state index in [1.807, 2.05) is 36.4 Å². The van der Waals surface area contributed by atoms with Crippen molar-refractivity contribution >= 4 is 24.9 Å². The first-order valence-electron chi connectivity index (χ1n) is 8.23. The van der Waals surface area contributed by atoms with Gasteiger partial charge in [-0.1, -0.05) is 41.5 Å². The zero-order valence-electron chi connectivity index (χ0n) is 13.6. The van der Waals surface area contributed by atoms with Gasteiger partial charge in [-0.15, -0.1) is 0 Å². The predicted molar refractivity (Wildman–Crippen MR) is 93.1 cm³/mol. The van der Waals surface area contributed by atoms with Crippen molar-refractivity contribution in [3.05, 3.63) is 42.5 Å². The Kier molecular flexibility index (Phi) is 5.44. The van der Waals surface area contributed by atoms with Gasteiger partial charge in [-0.05, 0) is 44.1 Å². The summed E-state index contributed by atoms with van der Waals surface area (Å²) in [4.78, 5) is 12.0. The number of carbonyl (C=O) groups excluding carboxylic acids is 1. The van der Waals surface area contributed by atoms with Gasteiger partial charge in [0.15, 0.2) is 5.75 Å². The minimum absolute atomic E-state index is 0.00128. The quantitative estimate of drug-likeness (QED) is 0.623. The molecule has 0 aliphatic heterocycles. The number of carbonyl (C=O) groups is 1. The molecule has 126 valence electrons. The lowest BCUT2D eigenvalue weighted by molar-refractivity contribution is -0.150. The molecule has 1 aliphatic carbocycles. The van der Waals surface area contributed by atoms with E-state index in [1.54, 1.807) is 13.0 Å². The summed E-state index contributed by atoms with van der Waals surface area (Å²) in [6, 6.07) is 12.6. The van der Waals surface area contributed by atoms with E-state index < -0.39 is 14.2 Å². The van der Waals surface area contributed by atoms with E-state index in [4.69, 9.17) is 9.26 Å². The van der Waals surface area contributed by atoms with E-state index in [-0.39, 0.29) is 12.1 Å². The van der Waals surface area contributed by atoms with Gasteiger partial charge in [0.25, 0.3) is 0 Å². The molecular weight excluding hydrogens is 325 g/mol. The van der Waals surface area contributed by atoms with Gasteiger partial charge in [0.1, 0.15) is 12.1 Å². The van der Waals surface area contributed by atoms with Gasteiger partial charge < -0.3 is 4.74 Å². The Hall–Kier alpha value is -1.97. The summed E-state index contributed by atoms with van der Waals surface area (Å²) in [5, 5.41) is 4.57. The van der Waals surface area contributed by atoms with Crippen LogP contribution in [0.15, 0.2) is 42.5 Å². The lowest BCUT2D eigenvalue weighted by Gasteiger charge is -2.13. The Bertz CT molecular complexity index is 737. The predicted octanol–water partition coefficient (Wildman–Crippen LogP) is 4.34.